The van der Waals surface area contributed by atoms with E-state index in [0.29, 0.717) is 0 Å². The van der Waals surface area contributed by atoms with E-state index in [2.05, 4.69) is 11.7 Å². The number of rotatable bonds is 1. The molecule has 2 nitrogen and oxygen atoms in total. The van der Waals surface area contributed by atoms with Gasteiger partial charge in [0.2, 0.25) is 0 Å². The van der Waals surface area contributed by atoms with E-state index >= 15 is 0 Å². The van der Waals surface area contributed by atoms with Crippen LogP contribution < -0.4 is 5.32 Å². The van der Waals surface area contributed by atoms with Gasteiger partial charge in [0.15, 0.2) is 0 Å². The molecular weight excluding hydrogens is 114 g/mol. The van der Waals surface area contributed by atoms with Crippen LogP contribution in [-0.2, 0) is 4.79 Å². The topological polar surface area (TPSA) is 29.1 Å². The molecule has 9 heavy (non-hydrogen) atoms. The molecule has 1 aliphatic rings. The molecule has 0 amide bonds. The zero-order valence-corrected chi connectivity index (χ0v) is 5.68. The molecule has 0 aromatic carbocycles. The van der Waals surface area contributed by atoms with Crippen molar-refractivity contribution in [1.29, 1.82) is 0 Å². The minimum absolute atomic E-state index is 0.110. The largest absolute Gasteiger partial charge is 0.307 e. The van der Waals surface area contributed by atoms with E-state index in [1.165, 1.54) is 0 Å². The van der Waals surface area contributed by atoms with Crippen molar-refractivity contribution >= 4 is 5.78 Å². The lowest BCUT2D eigenvalue weighted by atomic mass is 10.0. The summed E-state index contributed by atoms with van der Waals surface area (Å²) < 4.78 is 0. The minimum atomic E-state index is 0.110. The van der Waals surface area contributed by atoms with Gasteiger partial charge in [-0.3, -0.25) is 4.79 Å². The van der Waals surface area contributed by atoms with Gasteiger partial charge in [0.25, 0.3) is 0 Å². The first-order chi connectivity index (χ1) is 4.30. The van der Waals surface area contributed by atoms with Crippen molar-refractivity contribution in [1.82, 2.24) is 5.32 Å². The molecule has 1 N–H and O–H groups in total. The molecule has 0 aromatic rings. The van der Waals surface area contributed by atoms with E-state index in [4.69, 9.17) is 0 Å². The van der Waals surface area contributed by atoms with Crippen molar-refractivity contribution in [3.05, 3.63) is 6.42 Å². The summed E-state index contributed by atoms with van der Waals surface area (Å²) in [4.78, 5) is 10.7. The maximum Gasteiger partial charge on any atom is 0.146 e. The van der Waals surface area contributed by atoms with Crippen LogP contribution in [0.2, 0.25) is 0 Å². The van der Waals surface area contributed by atoms with Gasteiger partial charge in [0, 0.05) is 0 Å². The molecule has 1 saturated heterocycles. The molecular formula is C7H12NO. The Balaban J connectivity index is 2.31. The Morgan fingerprint density at radius 2 is 2.56 bits per heavy atom. The molecule has 0 aromatic heterocycles. The van der Waals surface area contributed by atoms with Crippen molar-refractivity contribution in [3.63, 3.8) is 0 Å². The second-order valence-electron chi connectivity index (χ2n) is 2.43. The number of carbonyl (C=O) groups excluding carboxylic acids is 1. The van der Waals surface area contributed by atoms with Crippen molar-refractivity contribution in [2.45, 2.75) is 25.8 Å². The molecule has 1 unspecified atom stereocenters. The van der Waals surface area contributed by atoms with Gasteiger partial charge in [-0.15, -0.1) is 0 Å². The Hall–Kier alpha value is -0.370. The van der Waals surface area contributed by atoms with Crippen LogP contribution in [0.25, 0.3) is 0 Å². The maximum atomic E-state index is 10.7. The maximum absolute atomic E-state index is 10.7. The van der Waals surface area contributed by atoms with Crippen molar-refractivity contribution in [3.8, 4) is 0 Å². The van der Waals surface area contributed by atoms with Crippen molar-refractivity contribution < 1.29 is 4.79 Å². The summed E-state index contributed by atoms with van der Waals surface area (Å²) >= 11 is 0. The highest BCUT2D eigenvalue weighted by atomic mass is 16.1. The van der Waals surface area contributed by atoms with E-state index in [9.17, 15) is 4.79 Å². The van der Waals surface area contributed by atoms with Crippen LogP contribution in [0.3, 0.4) is 0 Å². The number of Topliss-reactive ketones (excluding diaryl/α,β-unsaturated/α-hetero) is 1. The average molecular weight is 126 g/mol. The van der Waals surface area contributed by atoms with Crippen LogP contribution >= 0.6 is 0 Å². The standard InChI is InChI=1S/C7H12NO/c1-6(9)7-4-2-3-5-8-7/h2,7-8H,3-5H2,1H3. The molecule has 0 saturated carbocycles. The predicted octanol–water partition coefficient (Wildman–Crippen LogP) is 0.532. The van der Waals surface area contributed by atoms with E-state index in [1.54, 1.807) is 6.92 Å². The lowest BCUT2D eigenvalue weighted by Crippen LogP contribution is -2.39. The van der Waals surface area contributed by atoms with Crippen LogP contribution in [0, 0.1) is 6.42 Å². The van der Waals surface area contributed by atoms with Crippen LogP contribution in [-0.4, -0.2) is 18.4 Å². The van der Waals surface area contributed by atoms with E-state index in [0.717, 1.165) is 19.4 Å². The molecule has 1 aliphatic heterocycles. The monoisotopic (exact) mass is 126 g/mol. The van der Waals surface area contributed by atoms with Gasteiger partial charge in [-0.05, 0) is 32.7 Å². The Morgan fingerprint density at radius 1 is 1.78 bits per heavy atom. The van der Waals surface area contributed by atoms with Gasteiger partial charge in [-0.2, -0.15) is 0 Å². The molecule has 1 heterocycles. The quantitative estimate of drug-likeness (QED) is 0.555. The second-order valence-corrected chi connectivity index (χ2v) is 2.43. The third kappa shape index (κ3) is 1.79. The van der Waals surface area contributed by atoms with E-state index in [-0.39, 0.29) is 11.8 Å². The highest BCUT2D eigenvalue weighted by Crippen LogP contribution is 2.05. The first-order valence-electron chi connectivity index (χ1n) is 3.36. The summed E-state index contributed by atoms with van der Waals surface area (Å²) in [6, 6.07) is 0.110. The zero-order valence-electron chi connectivity index (χ0n) is 5.68. The molecule has 1 atom stereocenters. The van der Waals surface area contributed by atoms with Crippen LogP contribution in [0.1, 0.15) is 19.8 Å². The Bertz CT molecular complexity index is 105. The van der Waals surface area contributed by atoms with Gasteiger partial charge >= 0.3 is 0 Å². The third-order valence-corrected chi connectivity index (χ3v) is 1.63. The molecule has 2 heteroatoms. The number of hydrogen-bond acceptors (Lipinski definition) is 2. The highest BCUT2D eigenvalue weighted by Gasteiger charge is 2.15. The van der Waals surface area contributed by atoms with E-state index in [1.807, 2.05) is 0 Å². The van der Waals surface area contributed by atoms with Crippen LogP contribution in [0.15, 0.2) is 0 Å². The summed E-state index contributed by atoms with van der Waals surface area (Å²) in [5, 5.41) is 3.14. The van der Waals surface area contributed by atoms with Crippen molar-refractivity contribution in [2.24, 2.45) is 0 Å². The SMILES string of the molecule is CC(=O)C1C[CH]CCN1. The Kier molecular flexibility index (Phi) is 2.22. The lowest BCUT2D eigenvalue weighted by molar-refractivity contribution is -0.119. The summed E-state index contributed by atoms with van der Waals surface area (Å²) in [5.74, 6) is 0.256. The predicted molar refractivity (Wildman–Crippen MR) is 36.0 cm³/mol. The highest BCUT2D eigenvalue weighted by molar-refractivity contribution is 5.81. The van der Waals surface area contributed by atoms with E-state index < -0.39 is 0 Å². The molecule has 0 bridgehead atoms. The molecule has 1 radical (unpaired) electrons. The average Bonchev–Trinajstić information content (AvgIpc) is 1.90. The second kappa shape index (κ2) is 2.97. The fraction of sp³-hybridized carbons (Fsp3) is 0.714. The molecule has 51 valence electrons. The number of nitrogens with one attached hydrogen (secondary N) is 1. The summed E-state index contributed by atoms with van der Waals surface area (Å²) in [7, 11) is 0. The Morgan fingerprint density at radius 3 is 2.89 bits per heavy atom. The van der Waals surface area contributed by atoms with Gasteiger partial charge < -0.3 is 5.32 Å². The van der Waals surface area contributed by atoms with Gasteiger partial charge in [0.05, 0.1) is 6.04 Å². The summed E-state index contributed by atoms with van der Waals surface area (Å²) in [6.45, 7) is 2.60. The number of piperidine rings is 1. The van der Waals surface area contributed by atoms with Gasteiger partial charge in [-0.25, -0.2) is 0 Å². The molecule has 0 spiro atoms. The van der Waals surface area contributed by atoms with Gasteiger partial charge in [0.1, 0.15) is 5.78 Å². The minimum Gasteiger partial charge on any atom is -0.307 e. The first-order valence-corrected chi connectivity index (χ1v) is 3.36. The summed E-state index contributed by atoms with van der Waals surface area (Å²) in [6.07, 6.45) is 4.18. The molecule has 0 aliphatic carbocycles. The van der Waals surface area contributed by atoms with Crippen LogP contribution in [0.4, 0.5) is 0 Å². The number of carbonyl (C=O) groups is 1. The zero-order chi connectivity index (χ0) is 6.69. The fourth-order valence-corrected chi connectivity index (χ4v) is 1.04. The first kappa shape index (κ1) is 6.75. The smallest absolute Gasteiger partial charge is 0.146 e. The lowest BCUT2D eigenvalue weighted by Gasteiger charge is -2.19. The normalized spacial score (nSPS) is 27.9. The number of ketones is 1. The fourth-order valence-electron chi connectivity index (χ4n) is 1.04. The summed E-state index contributed by atoms with van der Waals surface area (Å²) in [5.41, 5.74) is 0. The van der Waals surface area contributed by atoms with Crippen molar-refractivity contribution in [2.75, 3.05) is 6.54 Å². The molecule has 1 fully saturated rings. The van der Waals surface area contributed by atoms with Gasteiger partial charge in [-0.1, -0.05) is 0 Å². The third-order valence-electron chi connectivity index (χ3n) is 1.63. The van der Waals surface area contributed by atoms with Crippen LogP contribution in [0.5, 0.6) is 0 Å². The Labute approximate surface area is 55.6 Å². The number of hydrogen-bond donors (Lipinski definition) is 1. The molecule has 1 rings (SSSR count).